The van der Waals surface area contributed by atoms with Gasteiger partial charge in [-0.25, -0.2) is 0 Å². The fourth-order valence-corrected chi connectivity index (χ4v) is 2.14. The normalized spacial score (nSPS) is 8.32. The molecule has 0 saturated heterocycles. The van der Waals surface area contributed by atoms with E-state index in [9.17, 15) is 0 Å². The average molecular weight is 370 g/mol. The Bertz CT molecular complexity index is 716. The maximum atomic E-state index is 8.36. The quantitative estimate of drug-likeness (QED) is 0.271. The maximum Gasteiger partial charge on any atom is 2.00 e. The molecule has 4 nitrogen and oxygen atoms in total. The summed E-state index contributed by atoms with van der Waals surface area (Å²) in [5.41, 5.74) is 0. The summed E-state index contributed by atoms with van der Waals surface area (Å²) < 4.78 is 0. The molecule has 0 unspecified atom stereocenters. The number of hydrogen-bond donors (Lipinski definition) is 2. The number of carbonyl (C=O) groups is 2. The molecule has 4 aromatic rings. The average Bonchev–Trinajstić information content (AvgIpc) is 3.26. The molecule has 0 saturated carbocycles. The SMILES string of the molecule is O=CO.O=CO.[Ti+2].c1ccc2[cH-]ccc2c1.c1ccc2[cH-]ccc2c1. The Morgan fingerprint density at radius 1 is 0.640 bits per heavy atom. The second-order valence-corrected chi connectivity index (χ2v) is 4.52. The molecule has 0 radical (unpaired) electrons. The smallest absolute Gasteiger partial charge is 0.483 e. The van der Waals surface area contributed by atoms with E-state index in [1.54, 1.807) is 0 Å². The minimum Gasteiger partial charge on any atom is -0.483 e. The van der Waals surface area contributed by atoms with Crippen molar-refractivity contribution in [2.45, 2.75) is 0 Å². The minimum absolute atomic E-state index is 0. The molecule has 0 fully saturated rings. The van der Waals surface area contributed by atoms with Crippen molar-refractivity contribution in [2.75, 3.05) is 0 Å². The molecule has 0 aliphatic carbocycles. The summed E-state index contributed by atoms with van der Waals surface area (Å²) >= 11 is 0. The zero-order valence-electron chi connectivity index (χ0n) is 13.4. The number of hydrogen-bond acceptors (Lipinski definition) is 2. The molecule has 5 heteroatoms. The zero-order valence-corrected chi connectivity index (χ0v) is 15.0. The Morgan fingerprint density at radius 3 is 1.28 bits per heavy atom. The Labute approximate surface area is 160 Å². The Balaban J connectivity index is 0.000000344. The molecular weight excluding hydrogens is 352 g/mol. The predicted molar refractivity (Wildman–Crippen MR) is 96.5 cm³/mol. The molecule has 4 aromatic carbocycles. The van der Waals surface area contributed by atoms with Crippen LogP contribution in [0.5, 0.6) is 0 Å². The van der Waals surface area contributed by atoms with Crippen LogP contribution >= 0.6 is 0 Å². The predicted octanol–water partition coefficient (Wildman–Crippen LogP) is 4.52. The van der Waals surface area contributed by atoms with Crippen LogP contribution in [-0.2, 0) is 31.3 Å². The molecule has 0 heterocycles. The van der Waals surface area contributed by atoms with E-state index in [1.807, 2.05) is 0 Å². The fourth-order valence-electron chi connectivity index (χ4n) is 2.14. The second-order valence-electron chi connectivity index (χ2n) is 4.52. The van der Waals surface area contributed by atoms with Crippen LogP contribution in [0, 0.1) is 0 Å². The van der Waals surface area contributed by atoms with Gasteiger partial charge < -0.3 is 10.2 Å². The molecule has 4 rings (SSSR count). The van der Waals surface area contributed by atoms with Crippen LogP contribution in [0.4, 0.5) is 0 Å². The summed E-state index contributed by atoms with van der Waals surface area (Å²) in [5, 5.41) is 19.1. The van der Waals surface area contributed by atoms with Gasteiger partial charge in [0.15, 0.2) is 0 Å². The van der Waals surface area contributed by atoms with Crippen molar-refractivity contribution in [3.63, 3.8) is 0 Å². The van der Waals surface area contributed by atoms with E-state index in [2.05, 4.69) is 84.9 Å². The first-order valence-electron chi connectivity index (χ1n) is 7.13. The van der Waals surface area contributed by atoms with Crippen molar-refractivity contribution in [1.82, 2.24) is 0 Å². The van der Waals surface area contributed by atoms with Crippen LogP contribution in [0.2, 0.25) is 0 Å². The summed E-state index contributed by atoms with van der Waals surface area (Å²) in [5.74, 6) is 0. The number of rotatable bonds is 0. The molecule has 0 amide bonds. The number of benzene rings is 2. The van der Waals surface area contributed by atoms with Crippen LogP contribution in [0.1, 0.15) is 0 Å². The van der Waals surface area contributed by atoms with E-state index in [0.717, 1.165) is 0 Å². The molecule has 126 valence electrons. The summed E-state index contributed by atoms with van der Waals surface area (Å²) in [6.45, 7) is -0.500. The van der Waals surface area contributed by atoms with Gasteiger partial charge in [-0.3, -0.25) is 9.59 Å². The minimum atomic E-state index is -0.250. The molecule has 0 atom stereocenters. The molecule has 0 aliphatic rings. The van der Waals surface area contributed by atoms with Crippen LogP contribution in [0.15, 0.2) is 84.9 Å². The second kappa shape index (κ2) is 13.7. The molecule has 0 bridgehead atoms. The maximum absolute atomic E-state index is 8.36. The number of fused-ring (bicyclic) bond motifs is 2. The number of carboxylic acid groups (broad SMARTS) is 2. The van der Waals surface area contributed by atoms with Crippen LogP contribution < -0.4 is 0 Å². The van der Waals surface area contributed by atoms with E-state index in [4.69, 9.17) is 19.8 Å². The van der Waals surface area contributed by atoms with Crippen LogP contribution in [-0.4, -0.2) is 23.2 Å². The van der Waals surface area contributed by atoms with Gasteiger partial charge in [-0.05, 0) is 0 Å². The van der Waals surface area contributed by atoms with E-state index >= 15 is 0 Å². The van der Waals surface area contributed by atoms with Crippen molar-refractivity contribution in [3.05, 3.63) is 84.9 Å². The Kier molecular flexibility index (Phi) is 12.3. The van der Waals surface area contributed by atoms with Crippen molar-refractivity contribution < 1.29 is 41.5 Å². The van der Waals surface area contributed by atoms with Crippen molar-refractivity contribution in [2.24, 2.45) is 0 Å². The Morgan fingerprint density at radius 2 is 0.960 bits per heavy atom. The Hall–Kier alpha value is -2.69. The van der Waals surface area contributed by atoms with Gasteiger partial charge in [-0.2, -0.15) is 35.0 Å². The third kappa shape index (κ3) is 8.11. The summed E-state index contributed by atoms with van der Waals surface area (Å²) in [7, 11) is 0. The largest absolute Gasteiger partial charge is 2.00 e. The zero-order chi connectivity index (χ0) is 17.6. The van der Waals surface area contributed by atoms with E-state index in [0.29, 0.717) is 0 Å². The fraction of sp³-hybridized carbons (Fsp3) is 0. The first-order chi connectivity index (χ1) is 11.8. The van der Waals surface area contributed by atoms with Gasteiger partial charge in [0, 0.05) is 0 Å². The summed E-state index contributed by atoms with van der Waals surface area (Å²) in [4.78, 5) is 16.7. The molecular formula is C20H18O4Ti. The molecule has 0 aliphatic heterocycles. The van der Waals surface area contributed by atoms with Crippen molar-refractivity contribution in [3.8, 4) is 0 Å². The standard InChI is InChI=1S/2C9H7.2CH2O2.Ti/c2*1-2-5-9-7-3-6-8(9)4-1;2*2-1-3;/h2*1-7H;2*1H,(H,2,3);/q2*-1;;;+2. The molecule has 25 heavy (non-hydrogen) atoms. The van der Waals surface area contributed by atoms with E-state index in [1.165, 1.54) is 21.5 Å². The van der Waals surface area contributed by atoms with Crippen LogP contribution in [0.25, 0.3) is 21.5 Å². The van der Waals surface area contributed by atoms with E-state index < -0.39 is 0 Å². The van der Waals surface area contributed by atoms with Gasteiger partial charge in [0.2, 0.25) is 0 Å². The molecule has 2 N–H and O–H groups in total. The first kappa shape index (κ1) is 22.3. The summed E-state index contributed by atoms with van der Waals surface area (Å²) in [6.07, 6.45) is 0. The first-order valence-corrected chi connectivity index (χ1v) is 7.13. The van der Waals surface area contributed by atoms with E-state index in [-0.39, 0.29) is 34.7 Å². The van der Waals surface area contributed by atoms with Crippen LogP contribution in [0.3, 0.4) is 0 Å². The van der Waals surface area contributed by atoms with Gasteiger partial charge in [0.25, 0.3) is 12.9 Å². The van der Waals surface area contributed by atoms with Gasteiger partial charge in [-0.15, -0.1) is 59.3 Å². The topological polar surface area (TPSA) is 74.6 Å². The van der Waals surface area contributed by atoms with Crippen molar-refractivity contribution in [1.29, 1.82) is 0 Å². The summed E-state index contributed by atoms with van der Waals surface area (Å²) in [6, 6.07) is 29.3. The van der Waals surface area contributed by atoms with Gasteiger partial charge in [0.05, 0.1) is 0 Å². The van der Waals surface area contributed by atoms with Gasteiger partial charge in [-0.1, -0.05) is 12.1 Å². The monoisotopic (exact) mass is 370 g/mol. The third-order valence-electron chi connectivity index (χ3n) is 3.10. The van der Waals surface area contributed by atoms with Gasteiger partial charge >= 0.3 is 21.7 Å². The van der Waals surface area contributed by atoms with Crippen molar-refractivity contribution >= 4 is 34.5 Å². The van der Waals surface area contributed by atoms with Gasteiger partial charge in [0.1, 0.15) is 0 Å². The molecule has 0 spiro atoms. The third-order valence-corrected chi connectivity index (χ3v) is 3.10. The molecule has 0 aromatic heterocycles.